The van der Waals surface area contributed by atoms with Crippen LogP contribution in [-0.4, -0.2) is 19.1 Å². The van der Waals surface area contributed by atoms with E-state index < -0.39 is 0 Å². The zero-order chi connectivity index (χ0) is 14.7. The summed E-state index contributed by atoms with van der Waals surface area (Å²) in [6, 6.07) is 13.3. The topological polar surface area (TPSA) is 38.5 Å². The summed E-state index contributed by atoms with van der Waals surface area (Å²) in [4.78, 5) is 2.25. The van der Waals surface area contributed by atoms with Gasteiger partial charge in [0.2, 0.25) is 0 Å². The van der Waals surface area contributed by atoms with E-state index in [1.54, 1.807) is 13.2 Å². The number of hydrogen-bond donors (Lipinski definition) is 1. The minimum atomic E-state index is 0.278. The molecular weight excluding hydrogens is 292 g/mol. The molecule has 5 heteroatoms. The maximum Gasteiger partial charge on any atom is 0.120 e. The molecule has 0 fully saturated rings. The lowest BCUT2D eigenvalue weighted by molar-refractivity contribution is 0.415. The molecule has 2 N–H and O–H groups in total. The molecular formula is C15H15ClN2OS. The first-order chi connectivity index (χ1) is 9.54. The third-order valence-electron chi connectivity index (χ3n) is 3.04. The average molecular weight is 307 g/mol. The lowest BCUT2D eigenvalue weighted by Crippen LogP contribution is -2.18. The monoisotopic (exact) mass is 306 g/mol. The van der Waals surface area contributed by atoms with Crippen LogP contribution in [0, 0.1) is 0 Å². The van der Waals surface area contributed by atoms with E-state index in [9.17, 15) is 0 Å². The minimum Gasteiger partial charge on any atom is -0.497 e. The lowest BCUT2D eigenvalue weighted by atomic mass is 10.1. The van der Waals surface area contributed by atoms with Gasteiger partial charge in [0.1, 0.15) is 10.7 Å². The second-order valence-corrected chi connectivity index (χ2v) is 5.11. The SMILES string of the molecule is COc1cccc(N(C)c2cccc(Cl)c2C(N)=S)c1. The summed E-state index contributed by atoms with van der Waals surface area (Å²) in [5, 5.41) is 0.546. The lowest BCUT2D eigenvalue weighted by Gasteiger charge is -2.23. The third kappa shape index (κ3) is 2.86. The largest absolute Gasteiger partial charge is 0.497 e. The van der Waals surface area contributed by atoms with Gasteiger partial charge < -0.3 is 15.4 Å². The highest BCUT2D eigenvalue weighted by Crippen LogP contribution is 2.32. The number of ether oxygens (including phenoxy) is 1. The van der Waals surface area contributed by atoms with Gasteiger partial charge in [-0.05, 0) is 24.3 Å². The fraction of sp³-hybridized carbons (Fsp3) is 0.133. The van der Waals surface area contributed by atoms with Crippen LogP contribution < -0.4 is 15.4 Å². The van der Waals surface area contributed by atoms with E-state index in [0.29, 0.717) is 10.6 Å². The van der Waals surface area contributed by atoms with Gasteiger partial charge in [-0.15, -0.1) is 0 Å². The van der Waals surface area contributed by atoms with Gasteiger partial charge in [0, 0.05) is 18.8 Å². The Labute approximate surface area is 128 Å². The number of halogens is 1. The second-order valence-electron chi connectivity index (χ2n) is 4.26. The Balaban J connectivity index is 2.50. The van der Waals surface area contributed by atoms with Gasteiger partial charge in [0.15, 0.2) is 0 Å². The number of rotatable bonds is 4. The van der Waals surface area contributed by atoms with Crippen molar-refractivity contribution in [3.8, 4) is 5.75 Å². The Hall–Kier alpha value is -1.78. The highest BCUT2D eigenvalue weighted by Gasteiger charge is 2.14. The van der Waals surface area contributed by atoms with Crippen molar-refractivity contribution < 1.29 is 4.74 Å². The van der Waals surface area contributed by atoms with Crippen molar-refractivity contribution in [3.05, 3.63) is 53.1 Å². The predicted molar refractivity (Wildman–Crippen MR) is 88.4 cm³/mol. The normalized spacial score (nSPS) is 10.2. The molecule has 2 aromatic carbocycles. The number of methoxy groups -OCH3 is 1. The molecule has 2 rings (SSSR count). The average Bonchev–Trinajstić information content (AvgIpc) is 2.45. The number of thiocarbonyl (C=S) groups is 1. The molecule has 0 spiro atoms. The molecule has 20 heavy (non-hydrogen) atoms. The van der Waals surface area contributed by atoms with Crippen LogP contribution in [0.1, 0.15) is 5.56 Å². The summed E-state index contributed by atoms with van der Waals surface area (Å²) in [5.41, 5.74) is 8.28. The van der Waals surface area contributed by atoms with E-state index in [4.69, 9.17) is 34.3 Å². The van der Waals surface area contributed by atoms with E-state index in [2.05, 4.69) is 0 Å². The predicted octanol–water partition coefficient (Wildman–Crippen LogP) is 3.75. The van der Waals surface area contributed by atoms with Crippen molar-refractivity contribution in [2.75, 3.05) is 19.1 Å². The number of anilines is 2. The van der Waals surface area contributed by atoms with Crippen molar-refractivity contribution in [2.24, 2.45) is 5.73 Å². The van der Waals surface area contributed by atoms with Crippen molar-refractivity contribution >= 4 is 40.2 Å². The summed E-state index contributed by atoms with van der Waals surface area (Å²) in [6.07, 6.45) is 0. The molecule has 104 valence electrons. The molecule has 0 saturated heterocycles. The van der Waals surface area contributed by atoms with Gasteiger partial charge in [0.05, 0.1) is 23.4 Å². The summed E-state index contributed by atoms with van der Waals surface area (Å²) >= 11 is 11.3. The molecule has 0 unspecified atom stereocenters. The molecule has 0 aliphatic carbocycles. The van der Waals surface area contributed by atoms with Crippen molar-refractivity contribution in [2.45, 2.75) is 0 Å². The van der Waals surface area contributed by atoms with Gasteiger partial charge in [-0.25, -0.2) is 0 Å². The van der Waals surface area contributed by atoms with Crippen LogP contribution in [0.5, 0.6) is 5.75 Å². The molecule has 2 aromatic rings. The van der Waals surface area contributed by atoms with Crippen molar-refractivity contribution in [1.29, 1.82) is 0 Å². The number of benzene rings is 2. The second kappa shape index (κ2) is 6.11. The molecule has 0 aliphatic rings. The zero-order valence-electron chi connectivity index (χ0n) is 11.3. The quantitative estimate of drug-likeness (QED) is 0.873. The molecule has 0 saturated carbocycles. The minimum absolute atomic E-state index is 0.278. The molecule has 0 bridgehead atoms. The maximum absolute atomic E-state index is 6.20. The molecule has 0 amide bonds. The standard InChI is InChI=1S/C15H15ClN2OS/c1-18(10-5-3-6-11(9-10)19-2)13-8-4-7-12(16)14(13)15(17)20/h3-9H,1-2H3,(H2,17,20). The Morgan fingerprint density at radius 2 is 1.95 bits per heavy atom. The van der Waals surface area contributed by atoms with Crippen LogP contribution in [0.25, 0.3) is 0 Å². The van der Waals surface area contributed by atoms with Crippen molar-refractivity contribution in [3.63, 3.8) is 0 Å². The van der Waals surface area contributed by atoms with E-state index in [0.717, 1.165) is 17.1 Å². The van der Waals surface area contributed by atoms with Crippen LogP contribution in [0.2, 0.25) is 5.02 Å². The van der Waals surface area contributed by atoms with Gasteiger partial charge in [-0.3, -0.25) is 0 Å². The number of nitrogens with two attached hydrogens (primary N) is 1. The van der Waals surface area contributed by atoms with Gasteiger partial charge in [-0.1, -0.05) is 36.0 Å². The highest BCUT2D eigenvalue weighted by atomic mass is 35.5. The molecule has 3 nitrogen and oxygen atoms in total. The highest BCUT2D eigenvalue weighted by molar-refractivity contribution is 7.80. The Morgan fingerprint density at radius 1 is 1.25 bits per heavy atom. The number of nitrogens with zero attached hydrogens (tertiary/aromatic N) is 1. The summed E-state index contributed by atoms with van der Waals surface area (Å²) in [5.74, 6) is 0.785. The van der Waals surface area contributed by atoms with Crippen molar-refractivity contribution in [1.82, 2.24) is 0 Å². The maximum atomic E-state index is 6.20. The first-order valence-electron chi connectivity index (χ1n) is 6.00. The molecule has 0 atom stereocenters. The zero-order valence-corrected chi connectivity index (χ0v) is 12.8. The molecule has 0 aliphatic heterocycles. The summed E-state index contributed by atoms with van der Waals surface area (Å²) < 4.78 is 5.24. The Kier molecular flexibility index (Phi) is 4.47. The molecule has 0 radical (unpaired) electrons. The van der Waals surface area contributed by atoms with Crippen LogP contribution in [-0.2, 0) is 0 Å². The first-order valence-corrected chi connectivity index (χ1v) is 6.79. The summed E-state index contributed by atoms with van der Waals surface area (Å²) in [7, 11) is 3.57. The van der Waals surface area contributed by atoms with E-state index in [1.807, 2.05) is 48.3 Å². The summed E-state index contributed by atoms with van der Waals surface area (Å²) in [6.45, 7) is 0. The number of hydrogen-bond acceptors (Lipinski definition) is 3. The van der Waals surface area contributed by atoms with Crippen LogP contribution in [0.4, 0.5) is 11.4 Å². The fourth-order valence-corrected chi connectivity index (χ4v) is 2.54. The molecule has 0 heterocycles. The Morgan fingerprint density at radius 3 is 2.60 bits per heavy atom. The Bertz CT molecular complexity index is 646. The van der Waals surface area contributed by atoms with E-state index in [-0.39, 0.29) is 4.99 Å². The van der Waals surface area contributed by atoms with E-state index in [1.165, 1.54) is 0 Å². The van der Waals surface area contributed by atoms with Gasteiger partial charge >= 0.3 is 0 Å². The third-order valence-corrected chi connectivity index (χ3v) is 3.56. The van der Waals surface area contributed by atoms with Gasteiger partial charge in [0.25, 0.3) is 0 Å². The van der Waals surface area contributed by atoms with Crippen LogP contribution in [0.3, 0.4) is 0 Å². The smallest absolute Gasteiger partial charge is 0.120 e. The van der Waals surface area contributed by atoms with E-state index >= 15 is 0 Å². The fourth-order valence-electron chi connectivity index (χ4n) is 1.99. The first kappa shape index (κ1) is 14.6. The van der Waals surface area contributed by atoms with Gasteiger partial charge in [-0.2, -0.15) is 0 Å². The van der Waals surface area contributed by atoms with Crippen LogP contribution in [0.15, 0.2) is 42.5 Å². The molecule has 0 aromatic heterocycles. The van der Waals surface area contributed by atoms with Crippen LogP contribution >= 0.6 is 23.8 Å².